The first-order chi connectivity index (χ1) is 7.60. The molecular weight excluding hydrogens is 218 g/mol. The molecule has 0 saturated heterocycles. The first-order valence-electron chi connectivity index (χ1n) is 6.10. The van der Waals surface area contributed by atoms with Crippen LogP contribution in [-0.4, -0.2) is 17.7 Å². The summed E-state index contributed by atoms with van der Waals surface area (Å²) in [6, 6.07) is 4.50. The summed E-state index contributed by atoms with van der Waals surface area (Å²) < 4.78 is 0. The van der Waals surface area contributed by atoms with Crippen molar-refractivity contribution in [3.8, 4) is 0 Å². The Kier molecular flexibility index (Phi) is 5.46. The standard InChI is InChI=1S/C13H23NOS/c1-4-7-11(5-2)14-10-13(3,15)12-8-6-9-16-12/h6,8-9,11,14-15H,4-5,7,10H2,1-3H3. The van der Waals surface area contributed by atoms with Crippen LogP contribution >= 0.6 is 11.3 Å². The van der Waals surface area contributed by atoms with Gasteiger partial charge in [0.25, 0.3) is 0 Å². The Morgan fingerprint density at radius 1 is 1.50 bits per heavy atom. The summed E-state index contributed by atoms with van der Waals surface area (Å²) in [7, 11) is 0. The van der Waals surface area contributed by atoms with Gasteiger partial charge in [0.1, 0.15) is 5.60 Å². The van der Waals surface area contributed by atoms with Crippen LogP contribution in [0.2, 0.25) is 0 Å². The van der Waals surface area contributed by atoms with Crippen LogP contribution in [0.1, 0.15) is 44.9 Å². The second-order valence-electron chi connectivity index (χ2n) is 4.53. The van der Waals surface area contributed by atoms with E-state index in [0.29, 0.717) is 12.6 Å². The minimum absolute atomic E-state index is 0.524. The fourth-order valence-electron chi connectivity index (χ4n) is 1.81. The lowest BCUT2D eigenvalue weighted by atomic mass is 10.0. The summed E-state index contributed by atoms with van der Waals surface area (Å²) in [6.45, 7) is 6.89. The molecule has 1 heterocycles. The Morgan fingerprint density at radius 3 is 2.75 bits per heavy atom. The lowest BCUT2D eigenvalue weighted by molar-refractivity contribution is 0.0569. The number of aliphatic hydroxyl groups is 1. The van der Waals surface area contributed by atoms with Crippen molar-refractivity contribution in [3.05, 3.63) is 22.4 Å². The third-order valence-electron chi connectivity index (χ3n) is 2.92. The van der Waals surface area contributed by atoms with Gasteiger partial charge >= 0.3 is 0 Å². The maximum atomic E-state index is 10.3. The average molecular weight is 241 g/mol. The summed E-state index contributed by atoms with van der Waals surface area (Å²) in [5.41, 5.74) is -0.741. The third kappa shape index (κ3) is 3.89. The van der Waals surface area contributed by atoms with Gasteiger partial charge < -0.3 is 10.4 Å². The highest BCUT2D eigenvalue weighted by molar-refractivity contribution is 7.10. The van der Waals surface area contributed by atoms with Gasteiger partial charge in [-0.1, -0.05) is 26.3 Å². The largest absolute Gasteiger partial charge is 0.383 e. The van der Waals surface area contributed by atoms with E-state index in [4.69, 9.17) is 0 Å². The second kappa shape index (κ2) is 6.38. The first-order valence-corrected chi connectivity index (χ1v) is 6.97. The van der Waals surface area contributed by atoms with Gasteiger partial charge in [-0.2, -0.15) is 0 Å². The van der Waals surface area contributed by atoms with E-state index >= 15 is 0 Å². The topological polar surface area (TPSA) is 32.3 Å². The van der Waals surface area contributed by atoms with Gasteiger partial charge in [0.15, 0.2) is 0 Å². The number of hydrogen-bond acceptors (Lipinski definition) is 3. The summed E-state index contributed by atoms with van der Waals surface area (Å²) in [4.78, 5) is 1.03. The molecule has 0 radical (unpaired) electrons. The highest BCUT2D eigenvalue weighted by atomic mass is 32.1. The van der Waals surface area contributed by atoms with E-state index in [2.05, 4.69) is 19.2 Å². The SMILES string of the molecule is CCCC(CC)NCC(C)(O)c1cccs1. The molecule has 16 heavy (non-hydrogen) atoms. The van der Waals surface area contributed by atoms with Crippen LogP contribution in [0.4, 0.5) is 0 Å². The molecule has 3 heteroatoms. The van der Waals surface area contributed by atoms with E-state index in [-0.39, 0.29) is 0 Å². The fraction of sp³-hybridized carbons (Fsp3) is 0.692. The lowest BCUT2D eigenvalue weighted by Crippen LogP contribution is -2.40. The average Bonchev–Trinajstić information content (AvgIpc) is 2.78. The molecule has 1 aromatic rings. The van der Waals surface area contributed by atoms with Crippen molar-refractivity contribution in [1.82, 2.24) is 5.32 Å². The molecular formula is C13H23NOS. The van der Waals surface area contributed by atoms with Crippen LogP contribution in [0.25, 0.3) is 0 Å². The highest BCUT2D eigenvalue weighted by Crippen LogP contribution is 2.24. The van der Waals surface area contributed by atoms with Crippen LogP contribution in [0, 0.1) is 0 Å². The molecule has 0 saturated carbocycles. The summed E-state index contributed by atoms with van der Waals surface area (Å²) >= 11 is 1.61. The molecule has 92 valence electrons. The molecule has 0 bridgehead atoms. The summed E-state index contributed by atoms with van der Waals surface area (Å²) in [5.74, 6) is 0. The molecule has 0 amide bonds. The van der Waals surface area contributed by atoms with Crippen molar-refractivity contribution in [3.63, 3.8) is 0 Å². The fourth-order valence-corrected chi connectivity index (χ4v) is 2.60. The van der Waals surface area contributed by atoms with E-state index in [1.807, 2.05) is 24.4 Å². The number of rotatable bonds is 7. The molecule has 1 aromatic heterocycles. The minimum atomic E-state index is -0.741. The van der Waals surface area contributed by atoms with Gasteiger partial charge in [-0.25, -0.2) is 0 Å². The zero-order chi connectivity index (χ0) is 12.0. The van der Waals surface area contributed by atoms with Gasteiger partial charge in [-0.3, -0.25) is 0 Å². The van der Waals surface area contributed by atoms with Crippen LogP contribution < -0.4 is 5.32 Å². The first kappa shape index (κ1) is 13.7. The number of nitrogens with one attached hydrogen (secondary N) is 1. The van der Waals surface area contributed by atoms with Gasteiger partial charge in [-0.15, -0.1) is 11.3 Å². The van der Waals surface area contributed by atoms with E-state index in [9.17, 15) is 5.11 Å². The Labute approximate surface area is 103 Å². The molecule has 0 aliphatic carbocycles. The van der Waals surface area contributed by atoms with Gasteiger partial charge in [0, 0.05) is 17.5 Å². The van der Waals surface area contributed by atoms with Gasteiger partial charge in [0.05, 0.1) is 0 Å². The summed E-state index contributed by atoms with van der Waals surface area (Å²) in [6.07, 6.45) is 3.48. The lowest BCUT2D eigenvalue weighted by Gasteiger charge is -2.26. The van der Waals surface area contributed by atoms with E-state index in [1.165, 1.54) is 12.8 Å². The molecule has 2 unspecified atom stereocenters. The molecule has 2 nitrogen and oxygen atoms in total. The molecule has 1 rings (SSSR count). The second-order valence-corrected chi connectivity index (χ2v) is 5.47. The van der Waals surface area contributed by atoms with Gasteiger partial charge in [-0.05, 0) is 31.2 Å². The van der Waals surface area contributed by atoms with E-state index in [1.54, 1.807) is 11.3 Å². The zero-order valence-electron chi connectivity index (χ0n) is 10.5. The highest BCUT2D eigenvalue weighted by Gasteiger charge is 2.24. The Morgan fingerprint density at radius 2 is 2.25 bits per heavy atom. The van der Waals surface area contributed by atoms with Crippen LogP contribution in [-0.2, 0) is 5.60 Å². The molecule has 0 aliphatic heterocycles. The predicted molar refractivity (Wildman–Crippen MR) is 70.9 cm³/mol. The molecule has 2 atom stereocenters. The van der Waals surface area contributed by atoms with Crippen molar-refractivity contribution in [1.29, 1.82) is 0 Å². The number of hydrogen-bond donors (Lipinski definition) is 2. The van der Waals surface area contributed by atoms with Crippen LogP contribution in [0.15, 0.2) is 17.5 Å². The normalized spacial score (nSPS) is 17.0. The zero-order valence-corrected chi connectivity index (χ0v) is 11.3. The maximum absolute atomic E-state index is 10.3. The third-order valence-corrected chi connectivity index (χ3v) is 4.04. The van der Waals surface area contributed by atoms with Crippen molar-refractivity contribution in [2.24, 2.45) is 0 Å². The Balaban J connectivity index is 2.47. The number of thiophene rings is 1. The monoisotopic (exact) mass is 241 g/mol. The van der Waals surface area contributed by atoms with Gasteiger partial charge in [0.2, 0.25) is 0 Å². The molecule has 2 N–H and O–H groups in total. The van der Waals surface area contributed by atoms with Crippen molar-refractivity contribution < 1.29 is 5.11 Å². The van der Waals surface area contributed by atoms with Crippen LogP contribution in [0.3, 0.4) is 0 Å². The maximum Gasteiger partial charge on any atom is 0.108 e. The quantitative estimate of drug-likeness (QED) is 0.768. The van der Waals surface area contributed by atoms with Crippen LogP contribution in [0.5, 0.6) is 0 Å². The van der Waals surface area contributed by atoms with E-state index < -0.39 is 5.60 Å². The Hall–Kier alpha value is -0.380. The van der Waals surface area contributed by atoms with Crippen molar-refractivity contribution in [2.75, 3.05) is 6.54 Å². The Bertz CT molecular complexity index is 282. The van der Waals surface area contributed by atoms with Crippen molar-refractivity contribution in [2.45, 2.75) is 51.7 Å². The summed E-state index contributed by atoms with van der Waals surface area (Å²) in [5, 5.41) is 15.8. The smallest absolute Gasteiger partial charge is 0.108 e. The molecule has 0 aromatic carbocycles. The molecule has 0 fully saturated rings. The molecule has 0 spiro atoms. The van der Waals surface area contributed by atoms with Crippen molar-refractivity contribution >= 4 is 11.3 Å². The molecule has 0 aliphatic rings. The minimum Gasteiger partial charge on any atom is -0.383 e. The van der Waals surface area contributed by atoms with E-state index in [0.717, 1.165) is 11.3 Å². The predicted octanol–water partition coefficient (Wildman–Crippen LogP) is 3.12.